The van der Waals surface area contributed by atoms with E-state index in [-0.39, 0.29) is 30.6 Å². The summed E-state index contributed by atoms with van der Waals surface area (Å²) in [5, 5.41) is 5.45. The van der Waals surface area contributed by atoms with Gasteiger partial charge in [-0.15, -0.1) is 0 Å². The van der Waals surface area contributed by atoms with E-state index in [0.29, 0.717) is 24.4 Å². The summed E-state index contributed by atoms with van der Waals surface area (Å²) in [4.78, 5) is 34.3. The summed E-state index contributed by atoms with van der Waals surface area (Å²) in [6.07, 6.45) is 1.41. The highest BCUT2D eigenvalue weighted by atomic mass is 16.5. The summed E-state index contributed by atoms with van der Waals surface area (Å²) in [5.74, 6) is -0.670. The molecule has 0 heterocycles. The van der Waals surface area contributed by atoms with Crippen LogP contribution in [0.2, 0.25) is 0 Å². The SMILES string of the molecule is CCCC(=O)Nc1ccc(NC(=O)CCC(=O)OCC)cc1. The molecule has 0 radical (unpaired) electrons. The predicted molar refractivity (Wildman–Crippen MR) is 84.5 cm³/mol. The lowest BCUT2D eigenvalue weighted by atomic mass is 10.2. The van der Waals surface area contributed by atoms with Crippen LogP contribution in [-0.4, -0.2) is 24.4 Å². The first-order chi connectivity index (χ1) is 10.5. The number of nitrogens with one attached hydrogen (secondary N) is 2. The average Bonchev–Trinajstić information content (AvgIpc) is 2.48. The fourth-order valence-corrected chi connectivity index (χ4v) is 1.76. The summed E-state index contributed by atoms with van der Waals surface area (Å²) in [6.45, 7) is 3.97. The van der Waals surface area contributed by atoms with Gasteiger partial charge in [0.25, 0.3) is 0 Å². The van der Waals surface area contributed by atoms with Crippen LogP contribution < -0.4 is 10.6 Å². The van der Waals surface area contributed by atoms with E-state index in [1.165, 1.54) is 0 Å². The van der Waals surface area contributed by atoms with E-state index in [2.05, 4.69) is 10.6 Å². The van der Waals surface area contributed by atoms with Gasteiger partial charge < -0.3 is 15.4 Å². The zero-order valence-corrected chi connectivity index (χ0v) is 13.0. The Kier molecular flexibility index (Phi) is 7.67. The van der Waals surface area contributed by atoms with Gasteiger partial charge in [0.05, 0.1) is 13.0 Å². The van der Waals surface area contributed by atoms with Gasteiger partial charge in [-0.1, -0.05) is 6.92 Å². The van der Waals surface area contributed by atoms with Gasteiger partial charge in [-0.25, -0.2) is 0 Å². The van der Waals surface area contributed by atoms with E-state index in [9.17, 15) is 14.4 Å². The first-order valence-electron chi connectivity index (χ1n) is 7.40. The number of anilines is 2. The minimum absolute atomic E-state index is 0.0336. The van der Waals surface area contributed by atoms with E-state index in [1.54, 1.807) is 31.2 Å². The van der Waals surface area contributed by atoms with Crippen molar-refractivity contribution in [2.24, 2.45) is 0 Å². The third-order valence-electron chi connectivity index (χ3n) is 2.79. The van der Waals surface area contributed by atoms with Crippen molar-refractivity contribution in [1.82, 2.24) is 0 Å². The molecule has 6 nitrogen and oxygen atoms in total. The molecule has 0 aliphatic carbocycles. The monoisotopic (exact) mass is 306 g/mol. The molecule has 0 saturated carbocycles. The molecule has 2 N–H and O–H groups in total. The maximum atomic E-state index is 11.7. The molecule has 0 aromatic heterocycles. The topological polar surface area (TPSA) is 84.5 Å². The summed E-state index contributed by atoms with van der Waals surface area (Å²) >= 11 is 0. The molecule has 0 aliphatic heterocycles. The summed E-state index contributed by atoms with van der Waals surface area (Å²) < 4.78 is 4.76. The molecule has 1 rings (SSSR count). The quantitative estimate of drug-likeness (QED) is 0.723. The molecular weight excluding hydrogens is 284 g/mol. The third-order valence-corrected chi connectivity index (χ3v) is 2.79. The van der Waals surface area contributed by atoms with Crippen molar-refractivity contribution in [2.45, 2.75) is 39.5 Å². The van der Waals surface area contributed by atoms with Crippen molar-refractivity contribution in [3.05, 3.63) is 24.3 Å². The summed E-state index contributed by atoms with van der Waals surface area (Å²) in [6, 6.07) is 6.83. The number of benzene rings is 1. The molecule has 6 heteroatoms. The molecule has 0 aliphatic rings. The van der Waals surface area contributed by atoms with E-state index in [0.717, 1.165) is 6.42 Å². The molecule has 1 aromatic rings. The van der Waals surface area contributed by atoms with Crippen LogP contribution in [0.25, 0.3) is 0 Å². The molecule has 0 spiro atoms. The lowest BCUT2D eigenvalue weighted by Crippen LogP contribution is -2.14. The van der Waals surface area contributed by atoms with Crippen molar-refractivity contribution in [3.8, 4) is 0 Å². The molecule has 2 amide bonds. The Balaban J connectivity index is 2.41. The van der Waals surface area contributed by atoms with Crippen LogP contribution >= 0.6 is 0 Å². The van der Waals surface area contributed by atoms with Gasteiger partial charge in [-0.2, -0.15) is 0 Å². The lowest BCUT2D eigenvalue weighted by Gasteiger charge is -2.07. The Bertz CT molecular complexity index is 511. The second-order valence-electron chi connectivity index (χ2n) is 4.73. The van der Waals surface area contributed by atoms with Gasteiger partial charge in [-0.05, 0) is 37.6 Å². The zero-order valence-electron chi connectivity index (χ0n) is 13.0. The number of ether oxygens (including phenoxy) is 1. The van der Waals surface area contributed by atoms with E-state index in [4.69, 9.17) is 4.74 Å². The number of amides is 2. The third kappa shape index (κ3) is 6.88. The number of hydrogen-bond acceptors (Lipinski definition) is 4. The maximum absolute atomic E-state index is 11.7. The van der Waals surface area contributed by atoms with Gasteiger partial charge in [0.2, 0.25) is 11.8 Å². The van der Waals surface area contributed by atoms with Gasteiger partial charge in [0.15, 0.2) is 0 Å². The van der Waals surface area contributed by atoms with Crippen LogP contribution in [0.4, 0.5) is 11.4 Å². The molecule has 22 heavy (non-hydrogen) atoms. The largest absolute Gasteiger partial charge is 0.466 e. The normalized spacial score (nSPS) is 9.91. The van der Waals surface area contributed by atoms with Crippen LogP contribution in [0, 0.1) is 0 Å². The number of carbonyl (C=O) groups is 3. The van der Waals surface area contributed by atoms with Crippen LogP contribution in [0.1, 0.15) is 39.5 Å². The number of esters is 1. The zero-order chi connectivity index (χ0) is 16.4. The van der Waals surface area contributed by atoms with Crippen LogP contribution in [0.15, 0.2) is 24.3 Å². The van der Waals surface area contributed by atoms with Gasteiger partial charge in [-0.3, -0.25) is 14.4 Å². The maximum Gasteiger partial charge on any atom is 0.306 e. The smallest absolute Gasteiger partial charge is 0.306 e. The van der Waals surface area contributed by atoms with Crippen LogP contribution in [-0.2, 0) is 19.1 Å². The molecule has 0 bridgehead atoms. The fraction of sp³-hybridized carbons (Fsp3) is 0.438. The molecular formula is C16H22N2O4. The van der Waals surface area contributed by atoms with Crippen molar-refractivity contribution >= 4 is 29.2 Å². The lowest BCUT2D eigenvalue weighted by molar-refractivity contribution is -0.144. The van der Waals surface area contributed by atoms with Crippen molar-refractivity contribution in [2.75, 3.05) is 17.2 Å². The highest BCUT2D eigenvalue weighted by molar-refractivity contribution is 5.93. The average molecular weight is 306 g/mol. The first kappa shape index (κ1) is 17.7. The van der Waals surface area contributed by atoms with E-state index in [1.807, 2.05) is 6.92 Å². The molecule has 0 saturated heterocycles. The Morgan fingerprint density at radius 1 is 0.864 bits per heavy atom. The van der Waals surface area contributed by atoms with E-state index < -0.39 is 0 Å². The van der Waals surface area contributed by atoms with E-state index >= 15 is 0 Å². The highest BCUT2D eigenvalue weighted by Gasteiger charge is 2.08. The number of hydrogen-bond donors (Lipinski definition) is 2. The second-order valence-corrected chi connectivity index (χ2v) is 4.73. The summed E-state index contributed by atoms with van der Waals surface area (Å²) in [5.41, 5.74) is 1.30. The Morgan fingerprint density at radius 2 is 1.36 bits per heavy atom. The van der Waals surface area contributed by atoms with Crippen molar-refractivity contribution < 1.29 is 19.1 Å². The fourth-order valence-electron chi connectivity index (χ4n) is 1.76. The minimum Gasteiger partial charge on any atom is -0.466 e. The Hall–Kier alpha value is -2.37. The van der Waals surface area contributed by atoms with Gasteiger partial charge in [0, 0.05) is 24.2 Å². The van der Waals surface area contributed by atoms with Gasteiger partial charge >= 0.3 is 5.97 Å². The molecule has 0 atom stereocenters. The first-order valence-corrected chi connectivity index (χ1v) is 7.40. The highest BCUT2D eigenvalue weighted by Crippen LogP contribution is 2.14. The minimum atomic E-state index is -0.383. The summed E-state index contributed by atoms with van der Waals surface area (Å²) in [7, 11) is 0. The molecule has 0 unspecified atom stereocenters. The Labute approximate surface area is 130 Å². The molecule has 0 fully saturated rings. The number of rotatable bonds is 8. The van der Waals surface area contributed by atoms with Crippen molar-refractivity contribution in [1.29, 1.82) is 0 Å². The van der Waals surface area contributed by atoms with Crippen molar-refractivity contribution in [3.63, 3.8) is 0 Å². The number of carbonyl (C=O) groups excluding carboxylic acids is 3. The van der Waals surface area contributed by atoms with Crippen LogP contribution in [0.3, 0.4) is 0 Å². The van der Waals surface area contributed by atoms with Crippen LogP contribution in [0.5, 0.6) is 0 Å². The standard InChI is InChI=1S/C16H22N2O4/c1-3-5-14(19)17-12-6-8-13(9-7-12)18-15(20)10-11-16(21)22-4-2/h6-9H,3-5,10-11H2,1-2H3,(H,17,19)(H,18,20). The van der Waals surface area contributed by atoms with Gasteiger partial charge in [0.1, 0.15) is 0 Å². The molecule has 1 aromatic carbocycles. The predicted octanol–water partition coefficient (Wildman–Crippen LogP) is 2.71. The molecule has 120 valence electrons. The Morgan fingerprint density at radius 3 is 1.82 bits per heavy atom. The second kappa shape index (κ2) is 9.55.